The molecule has 0 radical (unpaired) electrons. The summed E-state index contributed by atoms with van der Waals surface area (Å²) in [6, 6.07) is 0. The number of carbonyl (C=O) groups is 1. The third-order valence-electron chi connectivity index (χ3n) is 0.869. The van der Waals surface area contributed by atoms with Crippen LogP contribution in [-0.2, 0) is 9.53 Å². The highest BCUT2D eigenvalue weighted by Gasteiger charge is 1.96. The van der Waals surface area contributed by atoms with E-state index in [0.717, 1.165) is 0 Å². The number of ether oxygens (including phenoxy) is 1. The Morgan fingerprint density at radius 1 is 1.70 bits per heavy atom. The van der Waals surface area contributed by atoms with Gasteiger partial charge in [0.25, 0.3) is 0 Å². The fourth-order valence-electron chi connectivity index (χ4n) is 0.496. The molecule has 10 heavy (non-hydrogen) atoms. The molecule has 0 aromatic rings. The standard InChI is InChI=1S/C6H14N2O2/c1-2-8-6(9)5-10-4-3-7/h2-5,7H2,1H3,(H,8,9). The summed E-state index contributed by atoms with van der Waals surface area (Å²) in [5.74, 6) is -0.0871. The molecule has 0 aliphatic carbocycles. The molecule has 4 heteroatoms. The fraction of sp³-hybridized carbons (Fsp3) is 0.833. The van der Waals surface area contributed by atoms with Crippen molar-refractivity contribution in [2.75, 3.05) is 26.3 Å². The maximum atomic E-state index is 10.6. The van der Waals surface area contributed by atoms with Gasteiger partial charge in [-0.25, -0.2) is 0 Å². The van der Waals surface area contributed by atoms with Gasteiger partial charge in [-0.1, -0.05) is 0 Å². The highest BCUT2D eigenvalue weighted by molar-refractivity contribution is 5.77. The average molecular weight is 146 g/mol. The second-order valence-electron chi connectivity index (χ2n) is 1.79. The molecule has 4 nitrogen and oxygen atoms in total. The van der Waals surface area contributed by atoms with Crippen LogP contribution in [0.3, 0.4) is 0 Å². The van der Waals surface area contributed by atoms with E-state index in [0.29, 0.717) is 19.7 Å². The van der Waals surface area contributed by atoms with Gasteiger partial charge in [0.1, 0.15) is 6.61 Å². The summed E-state index contributed by atoms with van der Waals surface area (Å²) in [4.78, 5) is 10.6. The van der Waals surface area contributed by atoms with Crippen molar-refractivity contribution in [1.82, 2.24) is 5.32 Å². The summed E-state index contributed by atoms with van der Waals surface area (Å²) < 4.78 is 4.86. The predicted octanol–water partition coefficient (Wildman–Crippen LogP) is -0.902. The van der Waals surface area contributed by atoms with Gasteiger partial charge in [0.2, 0.25) is 5.91 Å². The zero-order valence-corrected chi connectivity index (χ0v) is 6.22. The Morgan fingerprint density at radius 3 is 2.90 bits per heavy atom. The summed E-state index contributed by atoms with van der Waals surface area (Å²) in [5, 5.41) is 2.60. The zero-order chi connectivity index (χ0) is 7.82. The molecule has 0 bridgehead atoms. The van der Waals surface area contributed by atoms with Crippen LogP contribution in [0.25, 0.3) is 0 Å². The normalized spacial score (nSPS) is 9.40. The van der Waals surface area contributed by atoms with E-state index in [9.17, 15) is 4.79 Å². The van der Waals surface area contributed by atoms with Gasteiger partial charge in [0.15, 0.2) is 0 Å². The summed E-state index contributed by atoms with van der Waals surface area (Å²) in [6.45, 7) is 3.52. The molecule has 0 saturated carbocycles. The third-order valence-corrected chi connectivity index (χ3v) is 0.869. The Morgan fingerprint density at radius 2 is 2.40 bits per heavy atom. The average Bonchev–Trinajstić information content (AvgIpc) is 1.89. The number of hydrogen-bond donors (Lipinski definition) is 2. The molecule has 0 heterocycles. The van der Waals surface area contributed by atoms with Crippen molar-refractivity contribution >= 4 is 5.91 Å². The van der Waals surface area contributed by atoms with Crippen molar-refractivity contribution in [2.24, 2.45) is 5.73 Å². The van der Waals surface area contributed by atoms with Crippen LogP contribution in [-0.4, -0.2) is 32.2 Å². The van der Waals surface area contributed by atoms with Gasteiger partial charge in [-0.2, -0.15) is 0 Å². The van der Waals surface area contributed by atoms with Gasteiger partial charge in [-0.05, 0) is 6.92 Å². The number of hydrogen-bond acceptors (Lipinski definition) is 3. The molecule has 0 fully saturated rings. The van der Waals surface area contributed by atoms with Crippen LogP contribution in [0.2, 0.25) is 0 Å². The van der Waals surface area contributed by atoms with Crippen LogP contribution < -0.4 is 11.1 Å². The molecule has 0 atom stereocenters. The molecule has 0 aromatic heterocycles. The van der Waals surface area contributed by atoms with Crippen molar-refractivity contribution < 1.29 is 9.53 Å². The van der Waals surface area contributed by atoms with Gasteiger partial charge < -0.3 is 15.8 Å². The van der Waals surface area contributed by atoms with E-state index in [1.165, 1.54) is 0 Å². The molecule has 0 aromatic carbocycles. The van der Waals surface area contributed by atoms with Gasteiger partial charge in [0, 0.05) is 13.1 Å². The van der Waals surface area contributed by atoms with Crippen molar-refractivity contribution in [3.8, 4) is 0 Å². The van der Waals surface area contributed by atoms with E-state index in [-0.39, 0.29) is 12.5 Å². The van der Waals surface area contributed by atoms with Crippen molar-refractivity contribution in [3.63, 3.8) is 0 Å². The van der Waals surface area contributed by atoms with E-state index in [1.807, 2.05) is 6.92 Å². The van der Waals surface area contributed by atoms with Gasteiger partial charge in [0.05, 0.1) is 6.61 Å². The Kier molecular flexibility index (Phi) is 6.11. The van der Waals surface area contributed by atoms with Crippen LogP contribution in [0, 0.1) is 0 Å². The fourth-order valence-corrected chi connectivity index (χ4v) is 0.496. The minimum atomic E-state index is -0.0871. The number of nitrogens with two attached hydrogens (primary N) is 1. The van der Waals surface area contributed by atoms with Crippen LogP contribution in [0.1, 0.15) is 6.92 Å². The monoisotopic (exact) mass is 146 g/mol. The van der Waals surface area contributed by atoms with E-state index in [1.54, 1.807) is 0 Å². The molecule has 0 saturated heterocycles. The Labute approximate surface area is 60.7 Å². The predicted molar refractivity (Wildman–Crippen MR) is 38.6 cm³/mol. The zero-order valence-electron chi connectivity index (χ0n) is 6.22. The van der Waals surface area contributed by atoms with Crippen LogP contribution in [0.5, 0.6) is 0 Å². The highest BCUT2D eigenvalue weighted by Crippen LogP contribution is 1.72. The second-order valence-corrected chi connectivity index (χ2v) is 1.79. The third kappa shape index (κ3) is 5.53. The highest BCUT2D eigenvalue weighted by atomic mass is 16.5. The lowest BCUT2D eigenvalue weighted by atomic mass is 10.6. The molecule has 0 unspecified atom stereocenters. The molecule has 0 rings (SSSR count). The maximum Gasteiger partial charge on any atom is 0.245 e. The molecular weight excluding hydrogens is 132 g/mol. The summed E-state index contributed by atoms with van der Waals surface area (Å²) in [6.07, 6.45) is 0. The summed E-state index contributed by atoms with van der Waals surface area (Å²) in [7, 11) is 0. The topological polar surface area (TPSA) is 64.3 Å². The first kappa shape index (κ1) is 9.39. The van der Waals surface area contributed by atoms with Gasteiger partial charge in [-0.3, -0.25) is 4.79 Å². The Bertz CT molecular complexity index is 95.7. The van der Waals surface area contributed by atoms with Gasteiger partial charge in [-0.15, -0.1) is 0 Å². The smallest absolute Gasteiger partial charge is 0.245 e. The maximum absolute atomic E-state index is 10.6. The molecule has 60 valence electrons. The lowest BCUT2D eigenvalue weighted by molar-refractivity contribution is -0.125. The summed E-state index contributed by atoms with van der Waals surface area (Å²) in [5.41, 5.74) is 5.13. The number of likely N-dealkylation sites (N-methyl/N-ethyl adjacent to an activating group) is 1. The SMILES string of the molecule is CCNC(=O)COCCN. The van der Waals surface area contributed by atoms with Crippen molar-refractivity contribution in [2.45, 2.75) is 6.92 Å². The lowest BCUT2D eigenvalue weighted by Gasteiger charge is -2.01. The quantitative estimate of drug-likeness (QED) is 0.494. The largest absolute Gasteiger partial charge is 0.370 e. The summed E-state index contributed by atoms with van der Waals surface area (Å²) >= 11 is 0. The number of rotatable bonds is 5. The van der Waals surface area contributed by atoms with E-state index in [4.69, 9.17) is 10.5 Å². The first-order valence-electron chi connectivity index (χ1n) is 3.35. The number of amides is 1. The molecule has 3 N–H and O–H groups in total. The van der Waals surface area contributed by atoms with Crippen LogP contribution >= 0.6 is 0 Å². The van der Waals surface area contributed by atoms with E-state index in [2.05, 4.69) is 5.32 Å². The lowest BCUT2D eigenvalue weighted by Crippen LogP contribution is -2.28. The minimum Gasteiger partial charge on any atom is -0.370 e. The van der Waals surface area contributed by atoms with Gasteiger partial charge >= 0.3 is 0 Å². The second kappa shape index (κ2) is 6.51. The van der Waals surface area contributed by atoms with Crippen LogP contribution in [0.4, 0.5) is 0 Å². The minimum absolute atomic E-state index is 0.0871. The molecular formula is C6H14N2O2. The molecule has 0 spiro atoms. The first-order valence-corrected chi connectivity index (χ1v) is 3.35. The first-order chi connectivity index (χ1) is 4.81. The van der Waals surface area contributed by atoms with E-state index >= 15 is 0 Å². The van der Waals surface area contributed by atoms with E-state index < -0.39 is 0 Å². The molecule has 1 amide bonds. The van der Waals surface area contributed by atoms with Crippen molar-refractivity contribution in [3.05, 3.63) is 0 Å². The molecule has 0 aliphatic heterocycles. The van der Waals surface area contributed by atoms with Crippen LogP contribution in [0.15, 0.2) is 0 Å². The number of carbonyl (C=O) groups excluding carboxylic acids is 1. The Balaban J connectivity index is 3.05. The Hall–Kier alpha value is -0.610. The van der Waals surface area contributed by atoms with Crippen molar-refractivity contribution in [1.29, 1.82) is 0 Å². The molecule has 0 aliphatic rings. The number of nitrogens with one attached hydrogen (secondary N) is 1.